The molecule has 9 nitrogen and oxygen atoms in total. The lowest BCUT2D eigenvalue weighted by Gasteiger charge is -2.07. The lowest BCUT2D eigenvalue weighted by atomic mass is 10.2. The van der Waals surface area contributed by atoms with Crippen LogP contribution < -0.4 is 15.1 Å². The summed E-state index contributed by atoms with van der Waals surface area (Å²) in [5.41, 5.74) is 0.313. The van der Waals surface area contributed by atoms with E-state index in [9.17, 15) is 19.7 Å². The molecule has 1 aromatic heterocycles. The van der Waals surface area contributed by atoms with Crippen LogP contribution in [0.3, 0.4) is 0 Å². The number of ether oxygens (including phenoxy) is 2. The van der Waals surface area contributed by atoms with Crippen LogP contribution in [-0.4, -0.2) is 15.9 Å². The molecule has 0 fully saturated rings. The fourth-order valence-corrected chi connectivity index (χ4v) is 2.84. The normalized spacial score (nSPS) is 10.6. The van der Waals surface area contributed by atoms with Crippen molar-refractivity contribution in [2.45, 2.75) is 6.92 Å². The van der Waals surface area contributed by atoms with Crippen molar-refractivity contribution in [2.75, 3.05) is 0 Å². The number of esters is 1. The predicted molar refractivity (Wildman–Crippen MR) is 110 cm³/mol. The number of nitrogens with zero attached hydrogens (tertiary/aromatic N) is 2. The van der Waals surface area contributed by atoms with E-state index in [4.69, 9.17) is 13.9 Å². The van der Waals surface area contributed by atoms with E-state index >= 15 is 0 Å². The van der Waals surface area contributed by atoms with Crippen LogP contribution in [0.2, 0.25) is 0 Å². The minimum Gasteiger partial charge on any atom is -0.457 e. The number of aromatic nitrogens is 1. The number of nitro groups is 1. The Kier molecular flexibility index (Phi) is 5.15. The van der Waals surface area contributed by atoms with Gasteiger partial charge in [0.15, 0.2) is 0 Å². The van der Waals surface area contributed by atoms with Crippen molar-refractivity contribution in [2.24, 2.45) is 0 Å². The van der Waals surface area contributed by atoms with E-state index in [1.54, 1.807) is 36.4 Å². The van der Waals surface area contributed by atoms with Crippen LogP contribution in [0.15, 0.2) is 75.9 Å². The second-order valence-corrected chi connectivity index (χ2v) is 6.46. The molecule has 0 saturated heterocycles. The Hall–Kier alpha value is -4.53. The van der Waals surface area contributed by atoms with Crippen LogP contribution in [-0.2, 0) is 4.79 Å². The van der Waals surface area contributed by atoms with Crippen molar-refractivity contribution in [3.05, 3.63) is 87.3 Å². The summed E-state index contributed by atoms with van der Waals surface area (Å²) < 4.78 is 16.0. The first-order valence-electron chi connectivity index (χ1n) is 9.05. The molecule has 0 spiro atoms. The Labute approximate surface area is 174 Å². The summed E-state index contributed by atoms with van der Waals surface area (Å²) >= 11 is 0. The molecule has 154 valence electrons. The topological polar surface area (TPSA) is 122 Å². The monoisotopic (exact) mass is 418 g/mol. The molecule has 0 amide bonds. The summed E-state index contributed by atoms with van der Waals surface area (Å²) in [5.74, 6) is 0.794. The second-order valence-electron chi connectivity index (χ2n) is 6.46. The molecule has 0 aliphatic carbocycles. The Morgan fingerprint density at radius 2 is 1.58 bits per heavy atom. The first-order chi connectivity index (χ1) is 14.9. The Bertz CT molecular complexity index is 1340. The molecule has 0 aliphatic rings. The van der Waals surface area contributed by atoms with Crippen molar-refractivity contribution in [1.82, 2.24) is 4.98 Å². The number of hydrogen-bond acceptors (Lipinski definition) is 8. The molecule has 0 radical (unpaired) electrons. The van der Waals surface area contributed by atoms with Gasteiger partial charge in [-0.15, -0.1) is 0 Å². The van der Waals surface area contributed by atoms with Gasteiger partial charge in [-0.05, 0) is 54.6 Å². The highest BCUT2D eigenvalue weighted by Crippen LogP contribution is 2.27. The van der Waals surface area contributed by atoms with Crippen molar-refractivity contribution >= 4 is 22.6 Å². The third-order valence-electron chi connectivity index (χ3n) is 4.25. The largest absolute Gasteiger partial charge is 0.457 e. The molecule has 4 rings (SSSR count). The molecule has 1 heterocycles. The van der Waals surface area contributed by atoms with E-state index in [-0.39, 0.29) is 22.7 Å². The summed E-state index contributed by atoms with van der Waals surface area (Å²) in [6.45, 7) is 1.27. The van der Waals surface area contributed by atoms with E-state index < -0.39 is 16.5 Å². The van der Waals surface area contributed by atoms with Gasteiger partial charge in [-0.1, -0.05) is 0 Å². The lowest BCUT2D eigenvalue weighted by Crippen LogP contribution is -2.05. The number of carbonyl (C=O) groups excluding carboxylic acids is 1. The SMILES string of the molecule is CC(=O)Oc1ccc2nc(-c3ccc(Oc4ccc([N+](=O)[O-])cc4)cc3)oc(=O)c2c1. The lowest BCUT2D eigenvalue weighted by molar-refractivity contribution is -0.384. The number of hydrogen-bond donors (Lipinski definition) is 0. The van der Waals surface area contributed by atoms with E-state index in [0.29, 0.717) is 22.6 Å². The summed E-state index contributed by atoms with van der Waals surface area (Å²) in [6, 6.07) is 16.9. The van der Waals surface area contributed by atoms with E-state index in [1.807, 2.05) is 0 Å². The van der Waals surface area contributed by atoms with Crippen molar-refractivity contribution in [3.8, 4) is 28.7 Å². The minimum absolute atomic E-state index is 0.0277. The van der Waals surface area contributed by atoms with Gasteiger partial charge >= 0.3 is 11.6 Å². The Morgan fingerprint density at radius 1 is 0.968 bits per heavy atom. The molecule has 0 atom stereocenters. The van der Waals surface area contributed by atoms with Gasteiger partial charge in [-0.2, -0.15) is 0 Å². The second kappa shape index (κ2) is 8.07. The number of fused-ring (bicyclic) bond motifs is 1. The van der Waals surface area contributed by atoms with Crippen molar-refractivity contribution in [1.29, 1.82) is 0 Å². The maximum Gasteiger partial charge on any atom is 0.347 e. The summed E-state index contributed by atoms with van der Waals surface area (Å²) in [4.78, 5) is 38.0. The molecule has 9 heteroatoms. The van der Waals surface area contributed by atoms with Gasteiger partial charge in [-0.25, -0.2) is 9.78 Å². The van der Waals surface area contributed by atoms with E-state index in [1.165, 1.54) is 37.3 Å². The molecule has 4 aromatic rings. The maximum atomic E-state index is 12.4. The molecule has 31 heavy (non-hydrogen) atoms. The number of nitro benzene ring substituents is 1. The zero-order chi connectivity index (χ0) is 22.0. The maximum absolute atomic E-state index is 12.4. The van der Waals surface area contributed by atoms with Gasteiger partial charge in [-0.3, -0.25) is 14.9 Å². The molecule has 0 unspecified atom stereocenters. The Balaban J connectivity index is 1.57. The number of carbonyl (C=O) groups is 1. The quantitative estimate of drug-likeness (QED) is 0.201. The molecule has 0 aliphatic heterocycles. The summed E-state index contributed by atoms with van der Waals surface area (Å²) in [6.07, 6.45) is 0. The van der Waals surface area contributed by atoms with Gasteiger partial charge in [0.2, 0.25) is 5.89 Å². The number of non-ortho nitro benzene ring substituents is 1. The van der Waals surface area contributed by atoms with Gasteiger partial charge in [0, 0.05) is 24.6 Å². The van der Waals surface area contributed by atoms with Crippen LogP contribution in [0.4, 0.5) is 5.69 Å². The number of benzene rings is 3. The molecule has 3 aromatic carbocycles. The molecule has 0 bridgehead atoms. The Morgan fingerprint density at radius 3 is 2.19 bits per heavy atom. The zero-order valence-corrected chi connectivity index (χ0v) is 16.1. The van der Waals surface area contributed by atoms with Crippen molar-refractivity contribution < 1.29 is 23.6 Å². The smallest absolute Gasteiger partial charge is 0.347 e. The van der Waals surface area contributed by atoms with E-state index in [0.717, 1.165) is 0 Å². The first-order valence-corrected chi connectivity index (χ1v) is 9.05. The summed E-state index contributed by atoms with van der Waals surface area (Å²) in [7, 11) is 0. The molecule has 0 saturated carbocycles. The highest BCUT2D eigenvalue weighted by atomic mass is 16.6. The standard InChI is InChI=1S/C22H14N2O7/c1-13(25)29-18-10-11-20-19(12-18)22(26)31-21(23-20)14-2-6-16(7-3-14)30-17-8-4-15(5-9-17)24(27)28/h2-12H,1H3. The highest BCUT2D eigenvalue weighted by Gasteiger charge is 2.11. The molecular formula is C22H14N2O7. The van der Waals surface area contributed by atoms with Crippen molar-refractivity contribution in [3.63, 3.8) is 0 Å². The fourth-order valence-electron chi connectivity index (χ4n) is 2.84. The average Bonchev–Trinajstić information content (AvgIpc) is 2.74. The predicted octanol–water partition coefficient (Wildman–Crippen LogP) is 4.48. The van der Waals surface area contributed by atoms with Gasteiger partial charge in [0.05, 0.1) is 15.8 Å². The van der Waals surface area contributed by atoms with Crippen LogP contribution in [0.25, 0.3) is 22.4 Å². The zero-order valence-electron chi connectivity index (χ0n) is 16.1. The van der Waals surface area contributed by atoms with Crippen LogP contribution in [0, 0.1) is 10.1 Å². The minimum atomic E-state index is -0.611. The third kappa shape index (κ3) is 4.40. The third-order valence-corrected chi connectivity index (χ3v) is 4.25. The first kappa shape index (κ1) is 19.8. The highest BCUT2D eigenvalue weighted by molar-refractivity contribution is 5.81. The van der Waals surface area contributed by atoms with Gasteiger partial charge in [0.25, 0.3) is 5.69 Å². The fraction of sp³-hybridized carbons (Fsp3) is 0.0455. The van der Waals surface area contributed by atoms with E-state index in [2.05, 4.69) is 4.98 Å². The van der Waals surface area contributed by atoms with Crippen LogP contribution in [0.5, 0.6) is 17.2 Å². The average molecular weight is 418 g/mol. The summed E-state index contributed by atoms with van der Waals surface area (Å²) in [5, 5.41) is 10.9. The molecule has 0 N–H and O–H groups in total. The molecular weight excluding hydrogens is 404 g/mol. The van der Waals surface area contributed by atoms with Gasteiger partial charge in [0.1, 0.15) is 17.2 Å². The van der Waals surface area contributed by atoms with Gasteiger partial charge < -0.3 is 13.9 Å². The number of rotatable bonds is 5. The van der Waals surface area contributed by atoms with Crippen LogP contribution >= 0.6 is 0 Å². The van der Waals surface area contributed by atoms with Crippen LogP contribution in [0.1, 0.15) is 6.92 Å².